The Hall–Kier alpha value is -2.79. The first-order valence-corrected chi connectivity index (χ1v) is 8.26. The molecule has 0 atom stereocenters. The lowest BCUT2D eigenvalue weighted by atomic mass is 10.0. The number of amides is 1. The average Bonchev–Trinajstić information content (AvgIpc) is 2.98. The summed E-state index contributed by atoms with van der Waals surface area (Å²) in [6.45, 7) is 0.317. The molecule has 6 heteroatoms. The fourth-order valence-corrected chi connectivity index (χ4v) is 3.41. The molecule has 5 nitrogen and oxygen atoms in total. The summed E-state index contributed by atoms with van der Waals surface area (Å²) >= 11 is 6.22. The fourth-order valence-electron chi connectivity index (χ4n) is 3.14. The molecule has 2 heterocycles. The quantitative estimate of drug-likeness (QED) is 0.701. The smallest absolute Gasteiger partial charge is 0.278 e. The van der Waals surface area contributed by atoms with Gasteiger partial charge in [0.15, 0.2) is 5.69 Å². The van der Waals surface area contributed by atoms with Crippen LogP contribution in [0.3, 0.4) is 0 Å². The third-order valence-electron chi connectivity index (χ3n) is 4.38. The highest BCUT2D eigenvalue weighted by Gasteiger charge is 2.30. The Labute approximate surface area is 150 Å². The van der Waals surface area contributed by atoms with E-state index in [1.165, 1.54) is 4.90 Å². The van der Waals surface area contributed by atoms with Crippen molar-refractivity contribution < 1.29 is 9.53 Å². The van der Waals surface area contributed by atoms with Crippen LogP contribution in [0.2, 0.25) is 5.02 Å². The van der Waals surface area contributed by atoms with Gasteiger partial charge in [-0.05, 0) is 24.3 Å². The van der Waals surface area contributed by atoms with Crippen molar-refractivity contribution in [3.05, 3.63) is 64.8 Å². The third kappa shape index (κ3) is 2.48. The predicted octanol–water partition coefficient (Wildman–Crippen LogP) is 3.91. The zero-order valence-corrected chi connectivity index (χ0v) is 14.6. The number of halogens is 1. The Balaban J connectivity index is 1.79. The Kier molecular flexibility index (Phi) is 3.73. The van der Waals surface area contributed by atoms with E-state index in [1.54, 1.807) is 23.9 Å². The number of hydrogen-bond acceptors (Lipinski definition) is 3. The van der Waals surface area contributed by atoms with Gasteiger partial charge in [-0.15, -0.1) is 0 Å². The monoisotopic (exact) mass is 353 g/mol. The number of carbonyl (C=O) groups is 1. The topological polar surface area (TPSA) is 47.4 Å². The van der Waals surface area contributed by atoms with Gasteiger partial charge in [0.1, 0.15) is 12.4 Å². The van der Waals surface area contributed by atoms with Gasteiger partial charge in [0, 0.05) is 25.2 Å². The maximum Gasteiger partial charge on any atom is 0.278 e. The first kappa shape index (κ1) is 15.7. The van der Waals surface area contributed by atoms with Crippen LogP contribution < -0.4 is 9.64 Å². The lowest BCUT2D eigenvalue weighted by Gasteiger charge is -2.20. The summed E-state index contributed by atoms with van der Waals surface area (Å²) in [5, 5.41) is 4.99. The summed E-state index contributed by atoms with van der Waals surface area (Å²) in [5.74, 6) is 0.587. The van der Waals surface area contributed by atoms with E-state index in [2.05, 4.69) is 5.10 Å². The number of carbonyl (C=O) groups excluding carboxylic acids is 1. The normalized spacial score (nSPS) is 12.1. The van der Waals surface area contributed by atoms with Crippen LogP contribution >= 0.6 is 11.6 Å². The predicted molar refractivity (Wildman–Crippen MR) is 97.2 cm³/mol. The molecule has 0 saturated heterocycles. The molecule has 3 aromatic rings. The molecule has 0 fully saturated rings. The second kappa shape index (κ2) is 5.93. The van der Waals surface area contributed by atoms with Gasteiger partial charge in [0.05, 0.1) is 16.4 Å². The minimum Gasteiger partial charge on any atom is -0.488 e. The zero-order chi connectivity index (χ0) is 17.6. The Morgan fingerprint density at radius 3 is 2.72 bits per heavy atom. The van der Waals surface area contributed by atoms with Gasteiger partial charge in [-0.1, -0.05) is 35.9 Å². The van der Waals surface area contributed by atoms with E-state index in [9.17, 15) is 4.79 Å². The molecule has 0 unspecified atom stereocenters. The van der Waals surface area contributed by atoms with Crippen LogP contribution in [0.25, 0.3) is 11.3 Å². The molecule has 1 aliphatic heterocycles. The minimum atomic E-state index is -0.215. The summed E-state index contributed by atoms with van der Waals surface area (Å²) in [6.07, 6.45) is 0. The largest absolute Gasteiger partial charge is 0.488 e. The number of anilines is 1. The number of fused-ring (bicyclic) bond motifs is 3. The minimum absolute atomic E-state index is 0.215. The summed E-state index contributed by atoms with van der Waals surface area (Å²) in [7, 11) is 3.54. The lowest BCUT2D eigenvalue weighted by Crippen LogP contribution is -2.28. The molecule has 25 heavy (non-hydrogen) atoms. The SMILES string of the molecule is CN(C(=O)c1nn(C)c2c1COc1ccccc1-2)c1ccccc1Cl. The number of ether oxygens (including phenoxy) is 1. The molecular formula is C19H16ClN3O2. The van der Waals surface area contributed by atoms with E-state index in [0.29, 0.717) is 23.0 Å². The number of hydrogen-bond donors (Lipinski definition) is 0. The van der Waals surface area contributed by atoms with Crippen LogP contribution in [0.1, 0.15) is 16.1 Å². The molecule has 4 rings (SSSR count). The van der Waals surface area contributed by atoms with E-state index in [0.717, 1.165) is 22.6 Å². The first-order valence-electron chi connectivity index (χ1n) is 7.88. The molecule has 0 spiro atoms. The molecule has 0 N–H and O–H groups in total. The lowest BCUT2D eigenvalue weighted by molar-refractivity contribution is 0.0985. The molecule has 0 radical (unpaired) electrons. The van der Waals surface area contributed by atoms with Crippen molar-refractivity contribution in [2.24, 2.45) is 7.05 Å². The van der Waals surface area contributed by atoms with Gasteiger partial charge in [-0.3, -0.25) is 9.48 Å². The van der Waals surface area contributed by atoms with Crippen molar-refractivity contribution in [3.63, 3.8) is 0 Å². The van der Waals surface area contributed by atoms with Crippen LogP contribution in [0.4, 0.5) is 5.69 Å². The van der Waals surface area contributed by atoms with Gasteiger partial charge >= 0.3 is 0 Å². The van der Waals surface area contributed by atoms with Crippen LogP contribution in [0.5, 0.6) is 5.75 Å². The second-order valence-corrected chi connectivity index (χ2v) is 6.31. The molecule has 1 amide bonds. The number of aryl methyl sites for hydroxylation is 1. The van der Waals surface area contributed by atoms with Crippen molar-refractivity contribution in [1.82, 2.24) is 9.78 Å². The molecule has 2 aromatic carbocycles. The third-order valence-corrected chi connectivity index (χ3v) is 4.70. The van der Waals surface area contributed by atoms with Gasteiger partial charge in [-0.25, -0.2) is 0 Å². The summed E-state index contributed by atoms with van der Waals surface area (Å²) in [4.78, 5) is 14.5. The fraction of sp³-hybridized carbons (Fsp3) is 0.158. The molecule has 0 aliphatic carbocycles. The molecule has 0 bridgehead atoms. The number of nitrogens with zero attached hydrogens (tertiary/aromatic N) is 3. The van der Waals surface area contributed by atoms with Crippen LogP contribution in [0.15, 0.2) is 48.5 Å². The van der Waals surface area contributed by atoms with E-state index in [4.69, 9.17) is 16.3 Å². The standard InChI is InChI=1S/C19H16ClN3O2/c1-22(15-9-5-4-8-14(15)20)19(24)17-13-11-25-16-10-6-3-7-12(16)18(13)23(2)21-17/h3-10H,11H2,1-2H3. The van der Waals surface area contributed by atoms with Crippen LogP contribution in [-0.4, -0.2) is 22.7 Å². The number of benzene rings is 2. The number of aromatic nitrogens is 2. The average molecular weight is 354 g/mol. The Bertz CT molecular complexity index is 981. The van der Waals surface area contributed by atoms with Crippen molar-refractivity contribution in [2.45, 2.75) is 6.61 Å². The van der Waals surface area contributed by atoms with Gasteiger partial charge in [0.25, 0.3) is 5.91 Å². The van der Waals surface area contributed by atoms with Crippen molar-refractivity contribution in [3.8, 4) is 17.0 Å². The van der Waals surface area contributed by atoms with E-state index >= 15 is 0 Å². The molecule has 1 aliphatic rings. The summed E-state index contributed by atoms with van der Waals surface area (Å²) in [5.41, 5.74) is 3.68. The van der Waals surface area contributed by atoms with Crippen molar-refractivity contribution in [2.75, 3.05) is 11.9 Å². The molecule has 1 aromatic heterocycles. The molecule has 126 valence electrons. The van der Waals surface area contributed by atoms with Crippen LogP contribution in [0, 0.1) is 0 Å². The highest BCUT2D eigenvalue weighted by Crippen LogP contribution is 2.38. The van der Waals surface area contributed by atoms with E-state index in [-0.39, 0.29) is 5.91 Å². The first-order chi connectivity index (χ1) is 12.1. The maximum atomic E-state index is 13.0. The summed E-state index contributed by atoms with van der Waals surface area (Å²) in [6, 6.07) is 15.0. The summed E-state index contributed by atoms with van der Waals surface area (Å²) < 4.78 is 7.55. The molecular weight excluding hydrogens is 338 g/mol. The zero-order valence-electron chi connectivity index (χ0n) is 13.9. The van der Waals surface area contributed by atoms with E-state index in [1.807, 2.05) is 43.4 Å². The van der Waals surface area contributed by atoms with Gasteiger partial charge in [-0.2, -0.15) is 5.10 Å². The number of para-hydroxylation sites is 2. The second-order valence-electron chi connectivity index (χ2n) is 5.90. The van der Waals surface area contributed by atoms with Crippen LogP contribution in [-0.2, 0) is 13.7 Å². The maximum absolute atomic E-state index is 13.0. The molecule has 0 saturated carbocycles. The Morgan fingerprint density at radius 2 is 1.92 bits per heavy atom. The highest BCUT2D eigenvalue weighted by atomic mass is 35.5. The number of rotatable bonds is 2. The van der Waals surface area contributed by atoms with Gasteiger partial charge in [0.2, 0.25) is 0 Å². The van der Waals surface area contributed by atoms with Crippen molar-refractivity contribution >= 4 is 23.2 Å². The van der Waals surface area contributed by atoms with Gasteiger partial charge < -0.3 is 9.64 Å². The Morgan fingerprint density at radius 1 is 1.20 bits per heavy atom. The highest BCUT2D eigenvalue weighted by molar-refractivity contribution is 6.34. The van der Waals surface area contributed by atoms with Crippen molar-refractivity contribution in [1.29, 1.82) is 0 Å². The van der Waals surface area contributed by atoms with E-state index < -0.39 is 0 Å².